The minimum Gasteiger partial charge on any atom is -0.395 e. The van der Waals surface area contributed by atoms with Crippen molar-refractivity contribution in [3.05, 3.63) is 23.9 Å². The van der Waals surface area contributed by atoms with Crippen LogP contribution in [0.3, 0.4) is 0 Å². The van der Waals surface area contributed by atoms with Crippen LogP contribution >= 0.6 is 0 Å². The van der Waals surface area contributed by atoms with Gasteiger partial charge in [-0.1, -0.05) is 6.07 Å². The van der Waals surface area contributed by atoms with E-state index in [-0.39, 0.29) is 6.61 Å². The van der Waals surface area contributed by atoms with Crippen molar-refractivity contribution in [2.24, 2.45) is 0 Å². The Morgan fingerprint density at radius 3 is 2.88 bits per heavy atom. The second kappa shape index (κ2) is 5.98. The molecule has 2 rings (SSSR count). The Bertz CT molecular complexity index is 356. The Balaban J connectivity index is 1.99. The molecule has 1 saturated heterocycles. The lowest BCUT2D eigenvalue weighted by atomic mass is 10.3. The first-order valence-corrected chi connectivity index (χ1v) is 6.31. The zero-order chi connectivity index (χ0) is 12.1. The fourth-order valence-corrected chi connectivity index (χ4v) is 2.27. The Morgan fingerprint density at radius 1 is 1.24 bits per heavy atom. The topological polar surface area (TPSA) is 39.6 Å². The minimum absolute atomic E-state index is 0.253. The van der Waals surface area contributed by atoms with Crippen molar-refractivity contribution in [1.82, 2.24) is 9.88 Å². The SMILES string of the molecule is Cc1cccc(N2CCCN(CCO)CC2)n1. The van der Waals surface area contributed by atoms with Gasteiger partial charge in [0.25, 0.3) is 0 Å². The number of hydrogen-bond donors (Lipinski definition) is 1. The molecule has 0 radical (unpaired) electrons. The van der Waals surface area contributed by atoms with Gasteiger partial charge in [-0.25, -0.2) is 4.98 Å². The van der Waals surface area contributed by atoms with E-state index >= 15 is 0 Å². The van der Waals surface area contributed by atoms with E-state index in [2.05, 4.69) is 26.9 Å². The molecule has 0 aromatic carbocycles. The molecule has 2 heterocycles. The molecule has 0 spiro atoms. The fraction of sp³-hybridized carbons (Fsp3) is 0.615. The molecule has 0 unspecified atom stereocenters. The third kappa shape index (κ3) is 3.41. The van der Waals surface area contributed by atoms with Gasteiger partial charge in [0.2, 0.25) is 0 Å². The third-order valence-electron chi connectivity index (χ3n) is 3.20. The van der Waals surface area contributed by atoms with E-state index in [0.29, 0.717) is 0 Å². The summed E-state index contributed by atoms with van der Waals surface area (Å²) in [6.45, 7) is 7.20. The number of rotatable bonds is 3. The van der Waals surface area contributed by atoms with Gasteiger partial charge in [0, 0.05) is 31.9 Å². The summed E-state index contributed by atoms with van der Waals surface area (Å²) in [5.41, 5.74) is 1.07. The van der Waals surface area contributed by atoms with E-state index in [1.54, 1.807) is 0 Å². The molecule has 0 aliphatic carbocycles. The van der Waals surface area contributed by atoms with Gasteiger partial charge in [0.15, 0.2) is 0 Å². The number of aromatic nitrogens is 1. The zero-order valence-electron chi connectivity index (χ0n) is 10.5. The molecule has 1 aromatic rings. The maximum absolute atomic E-state index is 8.96. The third-order valence-corrected chi connectivity index (χ3v) is 3.20. The summed E-state index contributed by atoms with van der Waals surface area (Å²) < 4.78 is 0. The normalized spacial score (nSPS) is 18.1. The van der Waals surface area contributed by atoms with Crippen LogP contribution < -0.4 is 4.90 Å². The molecule has 17 heavy (non-hydrogen) atoms. The van der Waals surface area contributed by atoms with Crippen molar-refractivity contribution in [1.29, 1.82) is 0 Å². The van der Waals surface area contributed by atoms with Crippen LogP contribution in [0.15, 0.2) is 18.2 Å². The molecule has 94 valence electrons. The number of anilines is 1. The molecule has 1 aliphatic rings. The van der Waals surface area contributed by atoms with Gasteiger partial charge in [0.05, 0.1) is 6.61 Å². The van der Waals surface area contributed by atoms with E-state index in [1.807, 2.05) is 13.0 Å². The maximum atomic E-state index is 8.96. The van der Waals surface area contributed by atoms with Crippen molar-refractivity contribution < 1.29 is 5.11 Å². The molecule has 0 amide bonds. The molecule has 1 aliphatic heterocycles. The second-order valence-electron chi connectivity index (χ2n) is 4.54. The first-order valence-electron chi connectivity index (χ1n) is 6.31. The largest absolute Gasteiger partial charge is 0.395 e. The number of nitrogens with zero attached hydrogens (tertiary/aromatic N) is 3. The van der Waals surface area contributed by atoms with E-state index in [9.17, 15) is 0 Å². The van der Waals surface area contributed by atoms with Crippen LogP contribution in [0.1, 0.15) is 12.1 Å². The van der Waals surface area contributed by atoms with E-state index < -0.39 is 0 Å². The lowest BCUT2D eigenvalue weighted by molar-refractivity contribution is 0.204. The second-order valence-corrected chi connectivity index (χ2v) is 4.54. The molecule has 4 heteroatoms. The van der Waals surface area contributed by atoms with Gasteiger partial charge in [-0.3, -0.25) is 4.90 Å². The Morgan fingerprint density at radius 2 is 2.12 bits per heavy atom. The molecular weight excluding hydrogens is 214 g/mol. The summed E-state index contributed by atoms with van der Waals surface area (Å²) in [4.78, 5) is 9.22. The van der Waals surface area contributed by atoms with Gasteiger partial charge in [0.1, 0.15) is 5.82 Å². The lowest BCUT2D eigenvalue weighted by Gasteiger charge is -2.22. The minimum atomic E-state index is 0.253. The molecule has 4 nitrogen and oxygen atoms in total. The van der Waals surface area contributed by atoms with Crippen LogP contribution in [0.4, 0.5) is 5.82 Å². The Hall–Kier alpha value is -1.13. The predicted octanol–water partition coefficient (Wildman–Crippen LogP) is 0.894. The Labute approximate surface area is 103 Å². The van der Waals surface area contributed by atoms with Crippen LogP contribution in [-0.2, 0) is 0 Å². The highest BCUT2D eigenvalue weighted by Gasteiger charge is 2.15. The number of pyridine rings is 1. The summed E-state index contributed by atoms with van der Waals surface area (Å²) in [7, 11) is 0. The van der Waals surface area contributed by atoms with Crippen LogP contribution in [0.5, 0.6) is 0 Å². The van der Waals surface area contributed by atoms with Crippen molar-refractivity contribution >= 4 is 5.82 Å². The monoisotopic (exact) mass is 235 g/mol. The van der Waals surface area contributed by atoms with Crippen LogP contribution in [0.2, 0.25) is 0 Å². The predicted molar refractivity (Wildman–Crippen MR) is 69.3 cm³/mol. The molecule has 0 bridgehead atoms. The summed E-state index contributed by atoms with van der Waals surface area (Å²) in [5.74, 6) is 1.08. The van der Waals surface area contributed by atoms with Crippen LogP contribution in [0.25, 0.3) is 0 Å². The quantitative estimate of drug-likeness (QED) is 0.845. The van der Waals surface area contributed by atoms with Gasteiger partial charge in [-0.2, -0.15) is 0 Å². The standard InChI is InChI=1S/C13H21N3O/c1-12-4-2-5-13(14-12)16-7-3-6-15(8-9-16)10-11-17/h2,4-5,17H,3,6-11H2,1H3. The smallest absolute Gasteiger partial charge is 0.128 e. The van der Waals surface area contributed by atoms with Crippen molar-refractivity contribution in [3.8, 4) is 0 Å². The summed E-state index contributed by atoms with van der Waals surface area (Å²) >= 11 is 0. The highest BCUT2D eigenvalue weighted by Crippen LogP contribution is 2.14. The number of hydrogen-bond acceptors (Lipinski definition) is 4. The van der Waals surface area contributed by atoms with Crippen LogP contribution in [0, 0.1) is 6.92 Å². The van der Waals surface area contributed by atoms with Gasteiger partial charge >= 0.3 is 0 Å². The first-order chi connectivity index (χ1) is 8.29. The van der Waals surface area contributed by atoms with Crippen molar-refractivity contribution in [3.63, 3.8) is 0 Å². The van der Waals surface area contributed by atoms with Crippen LogP contribution in [-0.4, -0.2) is 54.3 Å². The van der Waals surface area contributed by atoms with Crippen molar-refractivity contribution in [2.75, 3.05) is 44.2 Å². The summed E-state index contributed by atoms with van der Waals surface area (Å²) in [6, 6.07) is 6.17. The molecule has 1 aromatic heterocycles. The first kappa shape index (κ1) is 12.3. The fourth-order valence-electron chi connectivity index (χ4n) is 2.27. The van der Waals surface area contributed by atoms with E-state index in [1.165, 1.54) is 0 Å². The summed E-state index contributed by atoms with van der Waals surface area (Å²) in [6.07, 6.45) is 1.13. The number of aliphatic hydroxyl groups excluding tert-OH is 1. The van der Waals surface area contributed by atoms with Gasteiger partial charge in [-0.15, -0.1) is 0 Å². The highest BCUT2D eigenvalue weighted by molar-refractivity contribution is 5.39. The number of β-amino-alcohol motifs (C(OH)–C–C–N with tert-alkyl or cyclic N) is 1. The molecule has 0 saturated carbocycles. The van der Waals surface area contributed by atoms with Crippen molar-refractivity contribution in [2.45, 2.75) is 13.3 Å². The number of aliphatic hydroxyl groups is 1. The zero-order valence-corrected chi connectivity index (χ0v) is 10.5. The molecule has 0 atom stereocenters. The summed E-state index contributed by atoms with van der Waals surface area (Å²) in [5, 5.41) is 8.96. The average Bonchev–Trinajstić information content (AvgIpc) is 2.55. The molecule has 1 N–H and O–H groups in total. The molecule has 1 fully saturated rings. The lowest BCUT2D eigenvalue weighted by Crippen LogP contribution is -2.32. The van der Waals surface area contributed by atoms with E-state index in [0.717, 1.165) is 50.7 Å². The Kier molecular flexibility index (Phi) is 4.34. The molecular formula is C13H21N3O. The van der Waals surface area contributed by atoms with Gasteiger partial charge in [-0.05, 0) is 32.0 Å². The average molecular weight is 235 g/mol. The highest BCUT2D eigenvalue weighted by atomic mass is 16.3. The maximum Gasteiger partial charge on any atom is 0.128 e. The van der Waals surface area contributed by atoms with Gasteiger partial charge < -0.3 is 10.0 Å². The van der Waals surface area contributed by atoms with E-state index in [4.69, 9.17) is 5.11 Å². The number of aryl methyl sites for hydroxylation is 1.